The van der Waals surface area contributed by atoms with Gasteiger partial charge in [0.25, 0.3) is 0 Å². The molecule has 24 heavy (non-hydrogen) atoms. The minimum atomic E-state index is -3.86. The Kier molecular flexibility index (Phi) is 6.21. The Morgan fingerprint density at radius 3 is 2.50 bits per heavy atom. The van der Waals surface area contributed by atoms with Gasteiger partial charge in [-0.3, -0.25) is 0 Å². The molecule has 0 unspecified atom stereocenters. The lowest BCUT2D eigenvalue weighted by molar-refractivity contribution is 0.0730. The molecule has 1 saturated heterocycles. The molecule has 0 atom stereocenters. The highest BCUT2D eigenvalue weighted by Crippen LogP contribution is 2.24. The van der Waals surface area contributed by atoms with E-state index in [0.29, 0.717) is 26.3 Å². The van der Waals surface area contributed by atoms with Crippen LogP contribution >= 0.6 is 0 Å². The zero-order chi connectivity index (χ0) is 17.8. The van der Waals surface area contributed by atoms with Gasteiger partial charge in [0.15, 0.2) is 0 Å². The smallest absolute Gasteiger partial charge is 0.244 e. The minimum Gasteiger partial charge on any atom is -0.495 e. The lowest BCUT2D eigenvalue weighted by Crippen LogP contribution is -2.43. The van der Waals surface area contributed by atoms with Crippen molar-refractivity contribution in [2.75, 3.05) is 45.7 Å². The Bertz CT molecular complexity index is 770. The molecule has 1 aromatic rings. The van der Waals surface area contributed by atoms with Crippen LogP contribution in [0.5, 0.6) is 5.75 Å². The highest BCUT2D eigenvalue weighted by Gasteiger charge is 2.25. The van der Waals surface area contributed by atoms with Crippen molar-refractivity contribution < 1.29 is 26.3 Å². The second-order valence-electron chi connectivity index (χ2n) is 5.38. The average molecular weight is 378 g/mol. The van der Waals surface area contributed by atoms with Crippen LogP contribution in [-0.2, 0) is 24.8 Å². The van der Waals surface area contributed by atoms with Gasteiger partial charge in [-0.25, -0.2) is 21.6 Å². The van der Waals surface area contributed by atoms with Crippen LogP contribution < -0.4 is 9.46 Å². The number of benzene rings is 1. The van der Waals surface area contributed by atoms with Crippen LogP contribution in [0.15, 0.2) is 23.1 Å². The fourth-order valence-corrected chi connectivity index (χ4v) is 5.07. The first-order valence-corrected chi connectivity index (χ1v) is 10.6. The second-order valence-corrected chi connectivity index (χ2v) is 9.20. The van der Waals surface area contributed by atoms with Crippen molar-refractivity contribution in [1.29, 1.82) is 0 Å². The fourth-order valence-electron chi connectivity index (χ4n) is 2.33. The minimum absolute atomic E-state index is 0.00577. The summed E-state index contributed by atoms with van der Waals surface area (Å²) < 4.78 is 63.0. The van der Waals surface area contributed by atoms with Gasteiger partial charge in [-0.1, -0.05) is 6.07 Å². The molecule has 1 N–H and O–H groups in total. The molecule has 0 aromatic heterocycles. The lowest BCUT2D eigenvalue weighted by Gasteiger charge is -2.26. The predicted octanol–water partition coefficient (Wildman–Crippen LogP) is -0.0561. The number of methoxy groups -OCH3 is 1. The Balaban J connectivity index is 2.04. The van der Waals surface area contributed by atoms with E-state index >= 15 is 0 Å². The van der Waals surface area contributed by atoms with Crippen molar-refractivity contribution in [3.05, 3.63) is 23.8 Å². The van der Waals surface area contributed by atoms with Gasteiger partial charge >= 0.3 is 0 Å². The van der Waals surface area contributed by atoms with E-state index in [0.717, 1.165) is 5.56 Å². The van der Waals surface area contributed by atoms with Gasteiger partial charge in [0.1, 0.15) is 10.6 Å². The zero-order valence-corrected chi connectivity index (χ0v) is 15.3. The average Bonchev–Trinajstić information content (AvgIpc) is 2.55. The zero-order valence-electron chi connectivity index (χ0n) is 13.7. The standard InChI is InChI=1S/C14H22N2O6S2/c1-12-3-4-13(21-2)14(11-12)24(19,20)15-5-10-23(17,18)16-6-8-22-9-7-16/h3-4,11,15H,5-10H2,1-2H3. The van der Waals surface area contributed by atoms with Crippen molar-refractivity contribution in [2.45, 2.75) is 11.8 Å². The number of ether oxygens (including phenoxy) is 2. The van der Waals surface area contributed by atoms with E-state index < -0.39 is 20.0 Å². The van der Waals surface area contributed by atoms with E-state index in [1.165, 1.54) is 17.5 Å². The number of aryl methyl sites for hydroxylation is 1. The molecule has 0 bridgehead atoms. The number of rotatable bonds is 7. The van der Waals surface area contributed by atoms with Crippen LogP contribution in [0.2, 0.25) is 0 Å². The van der Waals surface area contributed by atoms with E-state index in [2.05, 4.69) is 4.72 Å². The lowest BCUT2D eigenvalue weighted by atomic mass is 10.2. The number of hydrogen-bond donors (Lipinski definition) is 1. The molecule has 1 aliphatic heterocycles. The Morgan fingerprint density at radius 1 is 1.21 bits per heavy atom. The van der Waals surface area contributed by atoms with Crippen molar-refractivity contribution in [3.8, 4) is 5.75 Å². The SMILES string of the molecule is COc1ccc(C)cc1S(=O)(=O)NCCS(=O)(=O)N1CCOCC1. The maximum atomic E-state index is 12.4. The van der Waals surface area contributed by atoms with Gasteiger partial charge in [-0.2, -0.15) is 4.31 Å². The summed E-state index contributed by atoms with van der Waals surface area (Å²) in [6.45, 7) is 2.85. The molecule has 0 radical (unpaired) electrons. The maximum absolute atomic E-state index is 12.4. The number of nitrogens with one attached hydrogen (secondary N) is 1. The summed E-state index contributed by atoms with van der Waals surface area (Å²) >= 11 is 0. The summed E-state index contributed by atoms with van der Waals surface area (Å²) in [5, 5.41) is 0. The molecule has 1 aliphatic rings. The van der Waals surface area contributed by atoms with E-state index in [1.807, 2.05) is 0 Å². The van der Waals surface area contributed by atoms with E-state index in [-0.39, 0.29) is 22.9 Å². The van der Waals surface area contributed by atoms with Crippen LogP contribution in [0, 0.1) is 6.92 Å². The molecule has 8 nitrogen and oxygen atoms in total. The third-order valence-electron chi connectivity index (χ3n) is 3.62. The van der Waals surface area contributed by atoms with Crippen molar-refractivity contribution in [1.82, 2.24) is 9.03 Å². The third kappa shape index (κ3) is 4.67. The van der Waals surface area contributed by atoms with Crippen LogP contribution in [-0.4, -0.2) is 66.9 Å². The molecule has 136 valence electrons. The molecule has 1 aromatic carbocycles. The molecule has 0 amide bonds. The molecule has 0 spiro atoms. The Hall–Kier alpha value is -1.20. The Morgan fingerprint density at radius 2 is 1.88 bits per heavy atom. The van der Waals surface area contributed by atoms with Gasteiger partial charge in [0, 0.05) is 19.6 Å². The van der Waals surface area contributed by atoms with Gasteiger partial charge in [-0.05, 0) is 24.6 Å². The summed E-state index contributed by atoms with van der Waals surface area (Å²) in [6, 6.07) is 4.78. The molecule has 2 rings (SSSR count). The van der Waals surface area contributed by atoms with Gasteiger partial charge in [0.2, 0.25) is 20.0 Å². The van der Waals surface area contributed by atoms with Crippen LogP contribution in [0.4, 0.5) is 0 Å². The van der Waals surface area contributed by atoms with E-state index in [1.54, 1.807) is 19.1 Å². The summed E-state index contributed by atoms with van der Waals surface area (Å²) in [4.78, 5) is -0.00577. The van der Waals surface area contributed by atoms with Gasteiger partial charge < -0.3 is 9.47 Å². The molecule has 1 heterocycles. The second kappa shape index (κ2) is 7.79. The molecule has 10 heteroatoms. The molecule has 0 saturated carbocycles. The van der Waals surface area contributed by atoms with Crippen molar-refractivity contribution >= 4 is 20.0 Å². The topological polar surface area (TPSA) is 102 Å². The summed E-state index contributed by atoms with van der Waals surface area (Å²) in [7, 11) is -6.00. The number of morpholine rings is 1. The summed E-state index contributed by atoms with van der Waals surface area (Å²) in [5.74, 6) is -0.0930. The fraction of sp³-hybridized carbons (Fsp3) is 0.571. The normalized spacial score (nSPS) is 16.9. The van der Waals surface area contributed by atoms with E-state index in [9.17, 15) is 16.8 Å². The first-order valence-electron chi connectivity index (χ1n) is 7.46. The van der Waals surface area contributed by atoms with Crippen LogP contribution in [0.3, 0.4) is 0 Å². The number of nitrogens with zero attached hydrogens (tertiary/aromatic N) is 1. The first-order chi connectivity index (χ1) is 11.3. The summed E-state index contributed by atoms with van der Waals surface area (Å²) in [5.41, 5.74) is 0.761. The van der Waals surface area contributed by atoms with Gasteiger partial charge in [-0.15, -0.1) is 0 Å². The maximum Gasteiger partial charge on any atom is 0.244 e. The van der Waals surface area contributed by atoms with E-state index in [4.69, 9.17) is 9.47 Å². The van der Waals surface area contributed by atoms with Crippen LogP contribution in [0.1, 0.15) is 5.56 Å². The quantitative estimate of drug-likeness (QED) is 0.713. The third-order valence-corrected chi connectivity index (χ3v) is 6.98. The number of hydrogen-bond acceptors (Lipinski definition) is 6. The predicted molar refractivity (Wildman–Crippen MR) is 89.1 cm³/mol. The van der Waals surface area contributed by atoms with Crippen molar-refractivity contribution in [3.63, 3.8) is 0 Å². The monoisotopic (exact) mass is 378 g/mol. The van der Waals surface area contributed by atoms with Crippen LogP contribution in [0.25, 0.3) is 0 Å². The van der Waals surface area contributed by atoms with Gasteiger partial charge in [0.05, 0.1) is 26.1 Å². The summed E-state index contributed by atoms with van der Waals surface area (Å²) in [6.07, 6.45) is 0. The molecule has 1 fully saturated rings. The Labute approximate surface area is 142 Å². The number of sulfonamides is 2. The first kappa shape index (κ1) is 19.1. The molecule has 0 aliphatic carbocycles. The molecular formula is C14H22N2O6S2. The van der Waals surface area contributed by atoms with Crippen molar-refractivity contribution in [2.24, 2.45) is 0 Å². The molecular weight excluding hydrogens is 356 g/mol. The highest BCUT2D eigenvalue weighted by atomic mass is 32.2. The largest absolute Gasteiger partial charge is 0.495 e. The highest BCUT2D eigenvalue weighted by molar-refractivity contribution is 7.90.